The standard InChI is InChI=1S/C15H15ClN4O3/c1-7(2)20-12(21)6-11(15(20)23)17-14(22)13-9-5-8(16)3-4-10(9)18-19-13/h3-5,7,11H,6H2,1-2H3,(H,17,22)(H,18,19). The summed E-state index contributed by atoms with van der Waals surface area (Å²) in [5.74, 6) is -1.20. The zero-order valence-electron chi connectivity index (χ0n) is 12.6. The molecule has 1 aliphatic heterocycles. The van der Waals surface area contributed by atoms with Gasteiger partial charge in [-0.25, -0.2) is 0 Å². The highest BCUT2D eigenvalue weighted by molar-refractivity contribution is 6.31. The van der Waals surface area contributed by atoms with E-state index in [0.717, 1.165) is 0 Å². The topological polar surface area (TPSA) is 95.2 Å². The number of benzene rings is 1. The summed E-state index contributed by atoms with van der Waals surface area (Å²) >= 11 is 5.94. The second-order valence-corrected chi connectivity index (χ2v) is 6.12. The monoisotopic (exact) mass is 334 g/mol. The van der Waals surface area contributed by atoms with Crippen LogP contribution in [0.2, 0.25) is 5.02 Å². The molecule has 1 unspecified atom stereocenters. The van der Waals surface area contributed by atoms with Crippen molar-refractivity contribution in [1.82, 2.24) is 20.4 Å². The average Bonchev–Trinajstić information content (AvgIpc) is 3.00. The molecule has 2 aromatic rings. The van der Waals surface area contributed by atoms with Gasteiger partial charge >= 0.3 is 0 Å². The van der Waals surface area contributed by atoms with E-state index in [9.17, 15) is 14.4 Å². The Hall–Kier alpha value is -2.41. The molecule has 1 aliphatic rings. The molecule has 1 fully saturated rings. The van der Waals surface area contributed by atoms with Crippen LogP contribution >= 0.6 is 11.6 Å². The van der Waals surface area contributed by atoms with Crippen molar-refractivity contribution in [3.05, 3.63) is 28.9 Å². The quantitative estimate of drug-likeness (QED) is 0.831. The van der Waals surface area contributed by atoms with Crippen molar-refractivity contribution < 1.29 is 14.4 Å². The number of likely N-dealkylation sites (tertiary alicyclic amines) is 1. The summed E-state index contributed by atoms with van der Waals surface area (Å²) in [6.45, 7) is 3.51. The molecule has 1 aromatic heterocycles. The second-order valence-electron chi connectivity index (χ2n) is 5.69. The normalized spacial score (nSPS) is 18.3. The zero-order chi connectivity index (χ0) is 16.7. The Labute approximate surface area is 137 Å². The van der Waals surface area contributed by atoms with Gasteiger partial charge in [-0.1, -0.05) is 11.6 Å². The van der Waals surface area contributed by atoms with Crippen molar-refractivity contribution in [2.75, 3.05) is 0 Å². The fourth-order valence-electron chi connectivity index (χ4n) is 2.69. The van der Waals surface area contributed by atoms with Crippen molar-refractivity contribution in [3.8, 4) is 0 Å². The van der Waals surface area contributed by atoms with Gasteiger partial charge in [0.2, 0.25) is 5.91 Å². The zero-order valence-corrected chi connectivity index (χ0v) is 13.3. The molecule has 0 aliphatic carbocycles. The summed E-state index contributed by atoms with van der Waals surface area (Å²) in [5, 5.41) is 10.3. The molecule has 2 N–H and O–H groups in total. The molecule has 2 heterocycles. The van der Waals surface area contributed by atoms with Crippen LogP contribution in [-0.2, 0) is 9.59 Å². The number of H-pyrrole nitrogens is 1. The van der Waals surface area contributed by atoms with Crippen LogP contribution in [0, 0.1) is 0 Å². The minimum atomic E-state index is -0.858. The van der Waals surface area contributed by atoms with E-state index in [0.29, 0.717) is 15.9 Å². The highest BCUT2D eigenvalue weighted by Crippen LogP contribution is 2.22. The lowest BCUT2D eigenvalue weighted by molar-refractivity contribution is -0.140. The first-order valence-electron chi connectivity index (χ1n) is 7.19. The molecule has 120 valence electrons. The number of nitrogens with one attached hydrogen (secondary N) is 2. The van der Waals surface area contributed by atoms with E-state index in [4.69, 9.17) is 11.6 Å². The Balaban J connectivity index is 1.83. The Kier molecular flexibility index (Phi) is 3.81. The van der Waals surface area contributed by atoms with Crippen LogP contribution in [0.25, 0.3) is 10.9 Å². The molecule has 0 saturated carbocycles. The molecule has 1 atom stereocenters. The lowest BCUT2D eigenvalue weighted by atomic mass is 10.2. The molecule has 7 nitrogen and oxygen atoms in total. The average molecular weight is 335 g/mol. The lowest BCUT2D eigenvalue weighted by Gasteiger charge is -2.19. The number of carbonyl (C=O) groups excluding carboxylic acids is 3. The lowest BCUT2D eigenvalue weighted by Crippen LogP contribution is -2.43. The van der Waals surface area contributed by atoms with Gasteiger partial charge in [0, 0.05) is 16.5 Å². The SMILES string of the molecule is CC(C)N1C(=O)CC(NC(=O)c2n[nH]c3ccc(Cl)cc23)C1=O. The van der Waals surface area contributed by atoms with Crippen LogP contribution in [0.3, 0.4) is 0 Å². The van der Waals surface area contributed by atoms with Gasteiger partial charge in [0.1, 0.15) is 6.04 Å². The number of halogens is 1. The van der Waals surface area contributed by atoms with Gasteiger partial charge in [-0.3, -0.25) is 24.4 Å². The van der Waals surface area contributed by atoms with Crippen molar-refractivity contribution >= 4 is 40.2 Å². The molecule has 0 radical (unpaired) electrons. The van der Waals surface area contributed by atoms with E-state index in [1.807, 2.05) is 0 Å². The summed E-state index contributed by atoms with van der Waals surface area (Å²) in [5.41, 5.74) is 0.808. The summed E-state index contributed by atoms with van der Waals surface area (Å²) < 4.78 is 0. The summed E-state index contributed by atoms with van der Waals surface area (Å²) in [6.07, 6.45) is -0.0358. The number of hydrogen-bond donors (Lipinski definition) is 2. The predicted octanol–water partition coefficient (Wildman–Crippen LogP) is 1.48. The molecule has 3 amide bonds. The number of aromatic amines is 1. The summed E-state index contributed by atoms with van der Waals surface area (Å²) in [4.78, 5) is 37.7. The molecule has 23 heavy (non-hydrogen) atoms. The molecular weight excluding hydrogens is 320 g/mol. The molecule has 0 spiro atoms. The number of nitrogens with zero attached hydrogens (tertiary/aromatic N) is 2. The number of amides is 3. The molecule has 1 aromatic carbocycles. The van der Waals surface area contributed by atoms with Gasteiger partial charge in [0.15, 0.2) is 5.69 Å². The van der Waals surface area contributed by atoms with Crippen LogP contribution in [-0.4, -0.2) is 44.9 Å². The highest BCUT2D eigenvalue weighted by atomic mass is 35.5. The van der Waals surface area contributed by atoms with E-state index in [1.165, 1.54) is 4.90 Å². The van der Waals surface area contributed by atoms with E-state index in [2.05, 4.69) is 15.5 Å². The predicted molar refractivity (Wildman–Crippen MR) is 84.0 cm³/mol. The van der Waals surface area contributed by atoms with E-state index < -0.39 is 17.9 Å². The first-order valence-corrected chi connectivity index (χ1v) is 7.56. The third-order valence-corrected chi connectivity index (χ3v) is 3.98. The van der Waals surface area contributed by atoms with Gasteiger partial charge in [0.25, 0.3) is 11.8 Å². The fourth-order valence-corrected chi connectivity index (χ4v) is 2.86. The van der Waals surface area contributed by atoms with E-state index in [1.54, 1.807) is 32.0 Å². The first-order chi connectivity index (χ1) is 10.9. The molecular formula is C15H15ClN4O3. The molecule has 1 saturated heterocycles. The van der Waals surface area contributed by atoms with Gasteiger partial charge in [-0.05, 0) is 32.0 Å². The van der Waals surface area contributed by atoms with Crippen LogP contribution in [0.4, 0.5) is 0 Å². The van der Waals surface area contributed by atoms with Crippen molar-refractivity contribution in [2.24, 2.45) is 0 Å². The number of carbonyl (C=O) groups is 3. The number of imide groups is 1. The van der Waals surface area contributed by atoms with Crippen LogP contribution in [0.15, 0.2) is 18.2 Å². The highest BCUT2D eigenvalue weighted by Gasteiger charge is 2.41. The maximum Gasteiger partial charge on any atom is 0.273 e. The fraction of sp³-hybridized carbons (Fsp3) is 0.333. The smallest absolute Gasteiger partial charge is 0.273 e. The summed E-state index contributed by atoms with van der Waals surface area (Å²) in [7, 11) is 0. The number of rotatable bonds is 3. The van der Waals surface area contributed by atoms with Crippen molar-refractivity contribution in [1.29, 1.82) is 0 Å². The van der Waals surface area contributed by atoms with Gasteiger partial charge in [0.05, 0.1) is 11.9 Å². The summed E-state index contributed by atoms with van der Waals surface area (Å²) in [6, 6.07) is 3.93. The van der Waals surface area contributed by atoms with Gasteiger partial charge in [-0.15, -0.1) is 0 Å². The maximum atomic E-state index is 12.4. The van der Waals surface area contributed by atoms with Crippen LogP contribution in [0.5, 0.6) is 0 Å². The second kappa shape index (κ2) is 5.66. The first kappa shape index (κ1) is 15.5. The van der Waals surface area contributed by atoms with Gasteiger partial charge in [-0.2, -0.15) is 5.10 Å². The van der Waals surface area contributed by atoms with Crippen molar-refractivity contribution in [3.63, 3.8) is 0 Å². The molecule has 0 bridgehead atoms. The minimum Gasteiger partial charge on any atom is -0.338 e. The Bertz CT molecular complexity index is 814. The molecule has 8 heteroatoms. The number of fused-ring (bicyclic) bond motifs is 1. The van der Waals surface area contributed by atoms with Crippen LogP contribution < -0.4 is 5.32 Å². The Morgan fingerprint density at radius 3 is 2.83 bits per heavy atom. The molecule has 3 rings (SSSR count). The van der Waals surface area contributed by atoms with Crippen molar-refractivity contribution in [2.45, 2.75) is 32.4 Å². The van der Waals surface area contributed by atoms with E-state index >= 15 is 0 Å². The Morgan fingerprint density at radius 1 is 1.43 bits per heavy atom. The third kappa shape index (κ3) is 2.68. The van der Waals surface area contributed by atoms with Crippen LogP contribution in [0.1, 0.15) is 30.8 Å². The number of hydrogen-bond acceptors (Lipinski definition) is 4. The van der Waals surface area contributed by atoms with E-state index in [-0.39, 0.29) is 24.1 Å². The number of aromatic nitrogens is 2. The van der Waals surface area contributed by atoms with Gasteiger partial charge < -0.3 is 5.32 Å². The third-order valence-electron chi connectivity index (χ3n) is 3.74. The Morgan fingerprint density at radius 2 is 2.17 bits per heavy atom. The minimum absolute atomic E-state index is 0.0358. The maximum absolute atomic E-state index is 12.4. The largest absolute Gasteiger partial charge is 0.338 e.